The molecule has 112 valence electrons. The zero-order valence-electron chi connectivity index (χ0n) is 12.5. The van der Waals surface area contributed by atoms with E-state index in [1.807, 2.05) is 30.0 Å². The summed E-state index contributed by atoms with van der Waals surface area (Å²) >= 11 is 0. The number of carboxylic acids is 1. The first-order valence-corrected chi connectivity index (χ1v) is 7.06. The second kappa shape index (κ2) is 7.20. The van der Waals surface area contributed by atoms with Gasteiger partial charge in [0.25, 0.3) is 0 Å². The Labute approximate surface area is 124 Å². The summed E-state index contributed by atoms with van der Waals surface area (Å²) in [6.45, 7) is 3.16. The van der Waals surface area contributed by atoms with Crippen LogP contribution in [0.4, 0.5) is 0 Å². The minimum atomic E-state index is -0.821. The van der Waals surface area contributed by atoms with Crippen molar-refractivity contribution in [1.82, 2.24) is 4.90 Å². The average molecular weight is 287 g/mol. The van der Waals surface area contributed by atoms with E-state index in [0.29, 0.717) is 13.2 Å². The van der Waals surface area contributed by atoms with Crippen molar-refractivity contribution in [2.45, 2.75) is 13.0 Å². The number of carboxylic acid groups (broad SMARTS) is 1. The third-order valence-electron chi connectivity index (χ3n) is 3.74. The fourth-order valence-electron chi connectivity index (χ4n) is 2.60. The number of nitrogens with zero attached hydrogens (tertiary/aromatic N) is 1. The van der Waals surface area contributed by atoms with Gasteiger partial charge in [-0.15, -0.1) is 0 Å². The monoisotopic (exact) mass is 287 g/mol. The van der Waals surface area contributed by atoms with Crippen LogP contribution in [0.3, 0.4) is 0 Å². The minimum absolute atomic E-state index is 0.00769. The highest BCUT2D eigenvalue weighted by molar-refractivity contribution is 5.86. The van der Waals surface area contributed by atoms with Crippen molar-refractivity contribution < 1.29 is 14.6 Å². The molecule has 0 heterocycles. The first kappa shape index (κ1) is 15.5. The van der Waals surface area contributed by atoms with Crippen molar-refractivity contribution in [2.24, 2.45) is 0 Å². The van der Waals surface area contributed by atoms with Gasteiger partial charge in [-0.2, -0.15) is 0 Å². The molecule has 0 aromatic heterocycles. The Morgan fingerprint density at radius 2 is 1.95 bits per heavy atom. The number of ether oxygens (including phenoxy) is 1. The Bertz CT molecular complexity index is 607. The molecule has 0 aliphatic carbocycles. The molecule has 21 heavy (non-hydrogen) atoms. The molecule has 1 N–H and O–H groups in total. The molecule has 0 aliphatic heterocycles. The van der Waals surface area contributed by atoms with Crippen LogP contribution in [0.2, 0.25) is 0 Å². The predicted molar refractivity (Wildman–Crippen MR) is 83.4 cm³/mol. The normalized spacial score (nSPS) is 12.7. The molecule has 2 rings (SSSR count). The van der Waals surface area contributed by atoms with E-state index < -0.39 is 5.97 Å². The molecule has 0 aliphatic rings. The number of aliphatic carboxylic acids is 1. The number of fused-ring (bicyclic) bond motifs is 1. The van der Waals surface area contributed by atoms with Crippen LogP contribution >= 0.6 is 0 Å². The summed E-state index contributed by atoms with van der Waals surface area (Å²) in [7, 11) is 1.63. The highest BCUT2D eigenvalue weighted by Crippen LogP contribution is 2.27. The minimum Gasteiger partial charge on any atom is -0.480 e. The number of methoxy groups -OCH3 is 1. The third-order valence-corrected chi connectivity index (χ3v) is 3.74. The largest absolute Gasteiger partial charge is 0.480 e. The number of hydrogen-bond donors (Lipinski definition) is 1. The maximum Gasteiger partial charge on any atom is 0.317 e. The molecule has 2 aromatic carbocycles. The van der Waals surface area contributed by atoms with E-state index in [9.17, 15) is 4.79 Å². The van der Waals surface area contributed by atoms with Gasteiger partial charge in [0.05, 0.1) is 13.2 Å². The lowest BCUT2D eigenvalue weighted by atomic mass is 9.98. The molecule has 0 spiro atoms. The Kier molecular flexibility index (Phi) is 5.31. The summed E-state index contributed by atoms with van der Waals surface area (Å²) in [6, 6.07) is 14.3. The van der Waals surface area contributed by atoms with E-state index in [0.717, 1.165) is 5.56 Å². The van der Waals surface area contributed by atoms with E-state index in [2.05, 4.69) is 24.3 Å². The SMILES string of the molecule is COCCN(CC(=O)O)C(C)c1cccc2ccccc12. The van der Waals surface area contributed by atoms with E-state index in [1.165, 1.54) is 10.8 Å². The third kappa shape index (κ3) is 3.80. The zero-order valence-corrected chi connectivity index (χ0v) is 12.5. The average Bonchev–Trinajstić information content (AvgIpc) is 2.50. The quantitative estimate of drug-likeness (QED) is 0.850. The van der Waals surface area contributed by atoms with Crippen molar-refractivity contribution in [2.75, 3.05) is 26.8 Å². The summed E-state index contributed by atoms with van der Waals surface area (Å²) in [4.78, 5) is 13.0. The summed E-state index contributed by atoms with van der Waals surface area (Å²) in [5.74, 6) is -0.821. The van der Waals surface area contributed by atoms with Gasteiger partial charge in [0.15, 0.2) is 0 Å². The van der Waals surface area contributed by atoms with E-state index in [4.69, 9.17) is 9.84 Å². The highest BCUT2D eigenvalue weighted by atomic mass is 16.5. The number of carbonyl (C=O) groups is 1. The van der Waals surface area contributed by atoms with Gasteiger partial charge in [0.1, 0.15) is 0 Å². The standard InChI is InChI=1S/C17H21NO3/c1-13(18(10-11-21-2)12-17(19)20)15-9-5-7-14-6-3-4-8-16(14)15/h3-9,13H,10-12H2,1-2H3,(H,19,20). The van der Waals surface area contributed by atoms with E-state index in [-0.39, 0.29) is 12.6 Å². The second-order valence-corrected chi connectivity index (χ2v) is 5.10. The lowest BCUT2D eigenvalue weighted by molar-refractivity contribution is -0.139. The fourth-order valence-corrected chi connectivity index (χ4v) is 2.60. The van der Waals surface area contributed by atoms with Gasteiger partial charge >= 0.3 is 5.97 Å². The molecule has 2 aromatic rings. The topological polar surface area (TPSA) is 49.8 Å². The summed E-state index contributed by atoms with van der Waals surface area (Å²) < 4.78 is 5.09. The van der Waals surface area contributed by atoms with Crippen molar-refractivity contribution in [1.29, 1.82) is 0 Å². The van der Waals surface area contributed by atoms with Crippen LogP contribution in [0.25, 0.3) is 10.8 Å². The van der Waals surface area contributed by atoms with Crippen LogP contribution in [0.5, 0.6) is 0 Å². The first-order valence-electron chi connectivity index (χ1n) is 7.06. The summed E-state index contributed by atoms with van der Waals surface area (Å²) in [6.07, 6.45) is 0. The van der Waals surface area contributed by atoms with Crippen LogP contribution in [-0.4, -0.2) is 42.8 Å². The van der Waals surface area contributed by atoms with Gasteiger partial charge in [0.2, 0.25) is 0 Å². The summed E-state index contributed by atoms with van der Waals surface area (Å²) in [5, 5.41) is 11.4. The first-order chi connectivity index (χ1) is 10.1. The maximum atomic E-state index is 11.1. The lowest BCUT2D eigenvalue weighted by Crippen LogP contribution is -2.35. The van der Waals surface area contributed by atoms with Crippen molar-refractivity contribution in [3.63, 3.8) is 0 Å². The van der Waals surface area contributed by atoms with Crippen molar-refractivity contribution in [3.05, 3.63) is 48.0 Å². The molecule has 1 unspecified atom stereocenters. The molecular formula is C17H21NO3. The molecule has 4 heteroatoms. The van der Waals surface area contributed by atoms with Gasteiger partial charge in [-0.3, -0.25) is 9.69 Å². The molecular weight excluding hydrogens is 266 g/mol. The molecule has 0 bridgehead atoms. The van der Waals surface area contributed by atoms with Crippen LogP contribution in [0.1, 0.15) is 18.5 Å². The Balaban J connectivity index is 2.33. The summed E-state index contributed by atoms with van der Waals surface area (Å²) in [5.41, 5.74) is 1.14. The molecule has 0 saturated carbocycles. The van der Waals surface area contributed by atoms with Crippen LogP contribution < -0.4 is 0 Å². The molecule has 0 radical (unpaired) electrons. The number of hydrogen-bond acceptors (Lipinski definition) is 3. The van der Waals surface area contributed by atoms with Gasteiger partial charge in [-0.05, 0) is 23.3 Å². The molecule has 1 atom stereocenters. The van der Waals surface area contributed by atoms with E-state index >= 15 is 0 Å². The van der Waals surface area contributed by atoms with Gasteiger partial charge < -0.3 is 9.84 Å². The Morgan fingerprint density at radius 1 is 1.24 bits per heavy atom. The Hall–Kier alpha value is -1.91. The zero-order chi connectivity index (χ0) is 15.2. The molecule has 4 nitrogen and oxygen atoms in total. The van der Waals surface area contributed by atoms with E-state index in [1.54, 1.807) is 7.11 Å². The van der Waals surface area contributed by atoms with Gasteiger partial charge in [-0.25, -0.2) is 0 Å². The number of benzene rings is 2. The highest BCUT2D eigenvalue weighted by Gasteiger charge is 2.19. The van der Waals surface area contributed by atoms with Gasteiger partial charge in [0, 0.05) is 19.7 Å². The van der Waals surface area contributed by atoms with Crippen molar-refractivity contribution >= 4 is 16.7 Å². The van der Waals surface area contributed by atoms with Gasteiger partial charge in [-0.1, -0.05) is 42.5 Å². The molecule has 0 saturated heterocycles. The second-order valence-electron chi connectivity index (χ2n) is 5.10. The van der Waals surface area contributed by atoms with Crippen LogP contribution in [0.15, 0.2) is 42.5 Å². The fraction of sp³-hybridized carbons (Fsp3) is 0.353. The van der Waals surface area contributed by atoms with Crippen LogP contribution in [0, 0.1) is 0 Å². The molecule has 0 fully saturated rings. The Morgan fingerprint density at radius 3 is 2.67 bits per heavy atom. The maximum absolute atomic E-state index is 11.1. The van der Waals surface area contributed by atoms with Crippen LogP contribution in [-0.2, 0) is 9.53 Å². The lowest BCUT2D eigenvalue weighted by Gasteiger charge is -2.28. The smallest absolute Gasteiger partial charge is 0.317 e. The molecule has 0 amide bonds. The number of rotatable bonds is 7. The van der Waals surface area contributed by atoms with Crippen molar-refractivity contribution in [3.8, 4) is 0 Å². The predicted octanol–water partition coefficient (Wildman–Crippen LogP) is 2.93.